The van der Waals surface area contributed by atoms with Gasteiger partial charge < -0.3 is 5.32 Å². The second kappa shape index (κ2) is 6.47. The molecule has 8 heteroatoms. The number of benzene rings is 1. The van der Waals surface area contributed by atoms with Crippen LogP contribution in [-0.2, 0) is 13.1 Å². The van der Waals surface area contributed by atoms with E-state index in [1.54, 1.807) is 10.6 Å². The highest BCUT2D eigenvalue weighted by Crippen LogP contribution is 2.23. The van der Waals surface area contributed by atoms with E-state index in [0.29, 0.717) is 29.3 Å². The average Bonchev–Trinajstić information content (AvgIpc) is 2.91. The third-order valence-electron chi connectivity index (χ3n) is 3.69. The largest absolute Gasteiger partial charge is 0.343 e. The molecule has 0 amide bonds. The van der Waals surface area contributed by atoms with Crippen molar-refractivity contribution in [2.45, 2.75) is 13.1 Å². The lowest BCUT2D eigenvalue weighted by Crippen LogP contribution is -2.38. The molecule has 1 aliphatic rings. The monoisotopic (exact) mass is 346 g/mol. The van der Waals surface area contributed by atoms with E-state index in [0.717, 1.165) is 18.5 Å². The van der Waals surface area contributed by atoms with Gasteiger partial charge in [0.1, 0.15) is 12.1 Å². The van der Waals surface area contributed by atoms with Crippen LogP contribution in [0, 0.1) is 22.7 Å². The second-order valence-electron chi connectivity index (χ2n) is 5.14. The first-order valence-corrected chi connectivity index (χ1v) is 7.69. The molecule has 3 rings (SSSR count). The summed E-state index contributed by atoms with van der Waals surface area (Å²) in [5, 5.41) is 22.6. The number of halogens is 2. The Balaban J connectivity index is 1.72. The standard InChI is InChI=1S/C15H12Cl2N6/c16-11-2-1-10(12(17)5-11)3-4-22-8-20-15-21-13(6-18)14(7-19)23(15)9-22/h1-2,5H,3-4,8-9H2,(H,20,21). The van der Waals surface area contributed by atoms with Gasteiger partial charge in [-0.25, -0.2) is 4.98 Å². The number of aromatic nitrogens is 2. The van der Waals surface area contributed by atoms with Crippen LogP contribution in [0.2, 0.25) is 10.0 Å². The maximum Gasteiger partial charge on any atom is 0.207 e. The minimum Gasteiger partial charge on any atom is -0.343 e. The zero-order valence-corrected chi connectivity index (χ0v) is 13.6. The highest BCUT2D eigenvalue weighted by molar-refractivity contribution is 6.35. The molecule has 0 atom stereocenters. The molecule has 0 saturated carbocycles. The Labute approximate surface area is 143 Å². The fraction of sp³-hybridized carbons (Fsp3) is 0.267. The van der Waals surface area contributed by atoms with Crippen LogP contribution in [-0.4, -0.2) is 27.7 Å². The molecule has 1 aliphatic heterocycles. The van der Waals surface area contributed by atoms with Gasteiger partial charge in [-0.05, 0) is 24.1 Å². The lowest BCUT2D eigenvalue weighted by atomic mass is 10.1. The number of nitrogens with zero attached hydrogens (tertiary/aromatic N) is 5. The van der Waals surface area contributed by atoms with Gasteiger partial charge in [-0.15, -0.1) is 0 Å². The first-order valence-electron chi connectivity index (χ1n) is 6.93. The molecule has 0 aliphatic carbocycles. The lowest BCUT2D eigenvalue weighted by molar-refractivity contribution is 0.220. The molecule has 0 radical (unpaired) electrons. The molecule has 2 heterocycles. The first-order chi connectivity index (χ1) is 11.1. The quantitative estimate of drug-likeness (QED) is 0.923. The molecule has 2 aromatic rings. The maximum absolute atomic E-state index is 9.21. The van der Waals surface area contributed by atoms with Crippen molar-refractivity contribution in [1.82, 2.24) is 14.5 Å². The number of nitriles is 2. The molecule has 0 fully saturated rings. The second-order valence-corrected chi connectivity index (χ2v) is 5.98. The number of fused-ring (bicyclic) bond motifs is 1. The average molecular weight is 347 g/mol. The zero-order valence-electron chi connectivity index (χ0n) is 12.1. The third-order valence-corrected chi connectivity index (χ3v) is 4.28. The van der Waals surface area contributed by atoms with Gasteiger partial charge in [-0.2, -0.15) is 10.5 Å². The summed E-state index contributed by atoms with van der Waals surface area (Å²) in [4.78, 5) is 6.24. The molecular formula is C15H12Cl2N6. The number of anilines is 1. The zero-order chi connectivity index (χ0) is 16.4. The predicted octanol–water partition coefficient (Wildman–Crippen LogP) is 2.82. The van der Waals surface area contributed by atoms with E-state index in [-0.39, 0.29) is 11.4 Å². The Kier molecular flexibility index (Phi) is 4.40. The fourth-order valence-corrected chi connectivity index (χ4v) is 3.01. The molecule has 1 N–H and O–H groups in total. The Morgan fingerprint density at radius 1 is 1.26 bits per heavy atom. The van der Waals surface area contributed by atoms with Gasteiger partial charge in [0, 0.05) is 16.6 Å². The van der Waals surface area contributed by atoms with Crippen molar-refractivity contribution in [3.05, 3.63) is 45.2 Å². The van der Waals surface area contributed by atoms with Crippen LogP contribution in [0.5, 0.6) is 0 Å². The van der Waals surface area contributed by atoms with Gasteiger partial charge in [-0.1, -0.05) is 29.3 Å². The van der Waals surface area contributed by atoms with Gasteiger partial charge in [0.2, 0.25) is 5.95 Å². The van der Waals surface area contributed by atoms with Crippen LogP contribution in [0.4, 0.5) is 5.95 Å². The summed E-state index contributed by atoms with van der Waals surface area (Å²) < 4.78 is 1.71. The summed E-state index contributed by atoms with van der Waals surface area (Å²) >= 11 is 12.1. The summed E-state index contributed by atoms with van der Waals surface area (Å²) in [7, 11) is 0. The molecule has 1 aromatic heterocycles. The summed E-state index contributed by atoms with van der Waals surface area (Å²) in [5.74, 6) is 0.555. The van der Waals surface area contributed by atoms with Gasteiger partial charge >= 0.3 is 0 Å². The first kappa shape index (κ1) is 15.6. The topological polar surface area (TPSA) is 80.7 Å². The van der Waals surface area contributed by atoms with Gasteiger partial charge in [0.25, 0.3) is 0 Å². The Morgan fingerprint density at radius 2 is 2.09 bits per heavy atom. The van der Waals surface area contributed by atoms with Crippen molar-refractivity contribution in [2.75, 3.05) is 18.5 Å². The van der Waals surface area contributed by atoms with Crippen LogP contribution in [0.15, 0.2) is 18.2 Å². The Hall–Kier alpha value is -2.25. The third kappa shape index (κ3) is 3.11. The van der Waals surface area contributed by atoms with E-state index in [1.807, 2.05) is 24.3 Å². The van der Waals surface area contributed by atoms with Crippen molar-refractivity contribution in [3.8, 4) is 12.1 Å². The van der Waals surface area contributed by atoms with Crippen LogP contribution in [0.3, 0.4) is 0 Å². The fourth-order valence-electron chi connectivity index (χ4n) is 2.50. The highest BCUT2D eigenvalue weighted by atomic mass is 35.5. The van der Waals surface area contributed by atoms with Gasteiger partial charge in [0.15, 0.2) is 11.4 Å². The SMILES string of the molecule is N#Cc1nc2n(c1C#N)CN(CCc1ccc(Cl)cc1Cl)CN2. The summed E-state index contributed by atoms with van der Waals surface area (Å²) in [6, 6.07) is 9.45. The predicted molar refractivity (Wildman–Crippen MR) is 87.0 cm³/mol. The van der Waals surface area contributed by atoms with Crippen LogP contribution in [0.1, 0.15) is 17.0 Å². The Morgan fingerprint density at radius 3 is 2.78 bits per heavy atom. The summed E-state index contributed by atoms with van der Waals surface area (Å²) in [6.45, 7) is 1.85. The Bertz CT molecular complexity index is 830. The van der Waals surface area contributed by atoms with Crippen LogP contribution >= 0.6 is 23.2 Å². The molecule has 0 bridgehead atoms. The van der Waals surface area contributed by atoms with Gasteiger partial charge in [-0.3, -0.25) is 9.47 Å². The number of rotatable bonds is 3. The molecule has 23 heavy (non-hydrogen) atoms. The van der Waals surface area contributed by atoms with Crippen LogP contribution < -0.4 is 5.32 Å². The molecule has 0 unspecified atom stereocenters. The number of nitrogens with one attached hydrogen (secondary N) is 1. The molecule has 0 saturated heterocycles. The van der Waals surface area contributed by atoms with Crippen molar-refractivity contribution in [1.29, 1.82) is 10.5 Å². The molecule has 1 aromatic carbocycles. The lowest BCUT2D eigenvalue weighted by Gasteiger charge is -2.29. The van der Waals surface area contributed by atoms with E-state index < -0.39 is 0 Å². The normalized spacial score (nSPS) is 13.7. The highest BCUT2D eigenvalue weighted by Gasteiger charge is 2.23. The summed E-state index contributed by atoms with van der Waals surface area (Å²) in [5.41, 5.74) is 1.45. The van der Waals surface area contributed by atoms with E-state index in [2.05, 4.69) is 15.2 Å². The van der Waals surface area contributed by atoms with Crippen molar-refractivity contribution in [3.63, 3.8) is 0 Å². The van der Waals surface area contributed by atoms with Crippen molar-refractivity contribution in [2.24, 2.45) is 0 Å². The molecule has 116 valence electrons. The molecule has 0 spiro atoms. The minimum atomic E-state index is 0.151. The van der Waals surface area contributed by atoms with E-state index in [1.165, 1.54) is 0 Å². The smallest absolute Gasteiger partial charge is 0.207 e. The number of hydrogen-bond acceptors (Lipinski definition) is 5. The maximum atomic E-state index is 9.21. The van der Waals surface area contributed by atoms with Crippen LogP contribution in [0.25, 0.3) is 0 Å². The van der Waals surface area contributed by atoms with Crippen molar-refractivity contribution >= 4 is 29.2 Å². The summed E-state index contributed by atoms with van der Waals surface area (Å²) in [6.07, 6.45) is 0.759. The van der Waals surface area contributed by atoms with E-state index in [9.17, 15) is 5.26 Å². The minimum absolute atomic E-state index is 0.151. The van der Waals surface area contributed by atoms with E-state index in [4.69, 9.17) is 28.5 Å². The molecule has 6 nitrogen and oxygen atoms in total. The van der Waals surface area contributed by atoms with Gasteiger partial charge in [0.05, 0.1) is 13.3 Å². The number of imidazole rings is 1. The van der Waals surface area contributed by atoms with E-state index >= 15 is 0 Å². The van der Waals surface area contributed by atoms with Crippen molar-refractivity contribution < 1.29 is 0 Å². The number of hydrogen-bond donors (Lipinski definition) is 1. The molecular weight excluding hydrogens is 335 g/mol.